The summed E-state index contributed by atoms with van der Waals surface area (Å²) >= 11 is 0. The van der Waals surface area contributed by atoms with Crippen LogP contribution < -0.4 is 4.74 Å². The molecular formula is C9H14O2. The molecule has 0 radical (unpaired) electrons. The Morgan fingerprint density at radius 2 is 1.82 bits per heavy atom. The van der Waals surface area contributed by atoms with Gasteiger partial charge in [0.1, 0.15) is 12.4 Å². The summed E-state index contributed by atoms with van der Waals surface area (Å²) in [6, 6.07) is 9.43. The zero-order chi connectivity index (χ0) is 7.23. The van der Waals surface area contributed by atoms with E-state index in [-0.39, 0.29) is 14.0 Å². The second-order valence-electron chi connectivity index (χ2n) is 1.89. The van der Waals surface area contributed by atoms with E-state index in [1.54, 1.807) is 0 Å². The second-order valence-corrected chi connectivity index (χ2v) is 1.89. The average Bonchev–Trinajstić information content (AvgIpc) is 2.03. The number of ether oxygens (including phenoxy) is 1. The summed E-state index contributed by atoms with van der Waals surface area (Å²) in [6.07, 6.45) is 0. The summed E-state index contributed by atoms with van der Waals surface area (Å²) in [5.41, 5.74) is 0. The van der Waals surface area contributed by atoms with E-state index in [4.69, 9.17) is 9.84 Å². The lowest BCUT2D eigenvalue weighted by atomic mass is 10.3. The van der Waals surface area contributed by atoms with E-state index >= 15 is 0 Å². The van der Waals surface area contributed by atoms with Gasteiger partial charge in [-0.2, -0.15) is 0 Å². The molecule has 0 unspecified atom stereocenters. The number of aliphatic hydroxyl groups is 1. The highest BCUT2D eigenvalue weighted by Gasteiger charge is 1.86. The summed E-state index contributed by atoms with van der Waals surface area (Å²) in [7, 11) is 0. The average molecular weight is 154 g/mol. The number of para-hydroxylation sites is 1. The van der Waals surface area contributed by atoms with Crippen molar-refractivity contribution in [1.82, 2.24) is 0 Å². The van der Waals surface area contributed by atoms with E-state index in [1.165, 1.54) is 0 Å². The highest BCUT2D eigenvalue weighted by Crippen LogP contribution is 2.06. The molecule has 0 saturated heterocycles. The van der Waals surface area contributed by atoms with E-state index in [1.807, 2.05) is 30.3 Å². The first kappa shape index (κ1) is 9.98. The van der Waals surface area contributed by atoms with Crippen LogP contribution in [-0.2, 0) is 0 Å². The van der Waals surface area contributed by atoms with E-state index in [2.05, 4.69) is 0 Å². The van der Waals surface area contributed by atoms with Crippen molar-refractivity contribution in [2.24, 2.45) is 0 Å². The monoisotopic (exact) mass is 154 g/mol. The highest BCUT2D eigenvalue weighted by molar-refractivity contribution is 5.20. The van der Waals surface area contributed by atoms with Crippen LogP contribution in [0.1, 0.15) is 7.43 Å². The van der Waals surface area contributed by atoms with Crippen molar-refractivity contribution in [2.75, 3.05) is 13.2 Å². The van der Waals surface area contributed by atoms with Gasteiger partial charge in [0.2, 0.25) is 0 Å². The van der Waals surface area contributed by atoms with E-state index in [9.17, 15) is 0 Å². The van der Waals surface area contributed by atoms with Gasteiger partial charge in [-0.3, -0.25) is 0 Å². The fourth-order valence-electron chi connectivity index (χ4n) is 0.680. The quantitative estimate of drug-likeness (QED) is 0.718. The summed E-state index contributed by atoms with van der Waals surface area (Å²) in [4.78, 5) is 0. The van der Waals surface area contributed by atoms with Crippen LogP contribution in [-0.4, -0.2) is 18.3 Å². The molecule has 0 aromatic heterocycles. The van der Waals surface area contributed by atoms with Crippen LogP contribution in [0.4, 0.5) is 0 Å². The molecule has 2 heteroatoms. The third-order valence-corrected chi connectivity index (χ3v) is 1.10. The minimum Gasteiger partial charge on any atom is -0.491 e. The molecule has 0 heterocycles. The van der Waals surface area contributed by atoms with Gasteiger partial charge < -0.3 is 9.84 Å². The van der Waals surface area contributed by atoms with Crippen molar-refractivity contribution in [3.63, 3.8) is 0 Å². The summed E-state index contributed by atoms with van der Waals surface area (Å²) < 4.78 is 5.11. The summed E-state index contributed by atoms with van der Waals surface area (Å²) in [6.45, 7) is 0.429. The van der Waals surface area contributed by atoms with Gasteiger partial charge >= 0.3 is 0 Å². The summed E-state index contributed by atoms with van der Waals surface area (Å²) in [5, 5.41) is 8.40. The Morgan fingerprint density at radius 3 is 2.36 bits per heavy atom. The maximum atomic E-state index is 8.40. The fourth-order valence-corrected chi connectivity index (χ4v) is 0.680. The third kappa shape index (κ3) is 3.63. The van der Waals surface area contributed by atoms with Crippen LogP contribution in [0, 0.1) is 0 Å². The minimum absolute atomic E-state index is 0. The normalized spacial score (nSPS) is 8.45. The van der Waals surface area contributed by atoms with Crippen molar-refractivity contribution >= 4 is 0 Å². The van der Waals surface area contributed by atoms with Gasteiger partial charge in [-0.25, -0.2) is 0 Å². The highest BCUT2D eigenvalue weighted by atomic mass is 16.5. The Balaban J connectivity index is 0.000001000. The Hall–Kier alpha value is -1.02. The second kappa shape index (κ2) is 5.74. The number of hydrogen-bond donors (Lipinski definition) is 1. The number of rotatable bonds is 3. The first-order valence-corrected chi connectivity index (χ1v) is 3.22. The maximum Gasteiger partial charge on any atom is 0.119 e. The molecule has 0 amide bonds. The predicted molar refractivity (Wildman–Crippen MR) is 45.8 cm³/mol. The zero-order valence-corrected chi connectivity index (χ0v) is 5.66. The molecule has 1 rings (SSSR count). The number of aliphatic hydroxyl groups excluding tert-OH is 1. The molecule has 0 atom stereocenters. The van der Waals surface area contributed by atoms with Gasteiger partial charge in [-0.05, 0) is 12.1 Å². The lowest BCUT2D eigenvalue weighted by Crippen LogP contribution is -2.00. The molecule has 0 aliphatic rings. The lowest BCUT2D eigenvalue weighted by molar-refractivity contribution is 0.201. The van der Waals surface area contributed by atoms with Crippen molar-refractivity contribution in [2.45, 2.75) is 7.43 Å². The van der Waals surface area contributed by atoms with Crippen LogP contribution in [0.5, 0.6) is 5.75 Å². The molecule has 62 valence electrons. The third-order valence-electron chi connectivity index (χ3n) is 1.10. The first-order valence-electron chi connectivity index (χ1n) is 3.22. The van der Waals surface area contributed by atoms with Crippen molar-refractivity contribution in [3.8, 4) is 5.75 Å². The number of hydrogen-bond acceptors (Lipinski definition) is 2. The Morgan fingerprint density at radius 1 is 1.18 bits per heavy atom. The standard InChI is InChI=1S/C8H10O2.CH4/c9-6-7-10-8-4-2-1-3-5-8;/h1-5,9H,6-7H2;1H4. The van der Waals surface area contributed by atoms with Crippen molar-refractivity contribution < 1.29 is 9.84 Å². The van der Waals surface area contributed by atoms with E-state index in [0.29, 0.717) is 6.61 Å². The van der Waals surface area contributed by atoms with Gasteiger partial charge in [-0.15, -0.1) is 0 Å². The predicted octanol–water partition coefficient (Wildman–Crippen LogP) is 1.69. The molecule has 11 heavy (non-hydrogen) atoms. The molecular weight excluding hydrogens is 140 g/mol. The zero-order valence-electron chi connectivity index (χ0n) is 5.66. The number of benzene rings is 1. The van der Waals surface area contributed by atoms with Crippen LogP contribution in [0.25, 0.3) is 0 Å². The maximum absolute atomic E-state index is 8.40. The molecule has 0 aliphatic carbocycles. The summed E-state index contributed by atoms with van der Waals surface area (Å²) in [5.74, 6) is 0.802. The van der Waals surface area contributed by atoms with Gasteiger partial charge in [0.25, 0.3) is 0 Å². The van der Waals surface area contributed by atoms with Crippen molar-refractivity contribution in [1.29, 1.82) is 0 Å². The largest absolute Gasteiger partial charge is 0.491 e. The lowest BCUT2D eigenvalue weighted by Gasteiger charge is -2.01. The van der Waals surface area contributed by atoms with Crippen LogP contribution in [0.15, 0.2) is 30.3 Å². The SMILES string of the molecule is C.OCCOc1ccccc1. The van der Waals surface area contributed by atoms with Gasteiger partial charge in [0, 0.05) is 0 Å². The molecule has 1 aromatic carbocycles. The van der Waals surface area contributed by atoms with E-state index in [0.717, 1.165) is 5.75 Å². The van der Waals surface area contributed by atoms with Crippen LogP contribution in [0.3, 0.4) is 0 Å². The molecule has 0 fully saturated rings. The topological polar surface area (TPSA) is 29.5 Å². The van der Waals surface area contributed by atoms with Gasteiger partial charge in [-0.1, -0.05) is 25.6 Å². The molecule has 1 aromatic rings. The van der Waals surface area contributed by atoms with Gasteiger partial charge in [0.05, 0.1) is 6.61 Å². The smallest absolute Gasteiger partial charge is 0.119 e. The van der Waals surface area contributed by atoms with Crippen LogP contribution in [0.2, 0.25) is 0 Å². The Bertz CT molecular complexity index is 172. The fraction of sp³-hybridized carbons (Fsp3) is 0.333. The molecule has 0 saturated carbocycles. The first-order chi connectivity index (χ1) is 4.93. The molecule has 1 N–H and O–H groups in total. The molecule has 0 spiro atoms. The van der Waals surface area contributed by atoms with Crippen LogP contribution >= 0.6 is 0 Å². The van der Waals surface area contributed by atoms with Crippen molar-refractivity contribution in [3.05, 3.63) is 30.3 Å². The molecule has 2 nitrogen and oxygen atoms in total. The molecule has 0 bridgehead atoms. The molecule has 0 aliphatic heterocycles. The Kier molecular flexibility index (Phi) is 5.21. The minimum atomic E-state index is 0. The van der Waals surface area contributed by atoms with Gasteiger partial charge in [0.15, 0.2) is 0 Å². The van der Waals surface area contributed by atoms with E-state index < -0.39 is 0 Å². The Labute approximate surface area is 67.4 Å².